The SMILES string of the molecule is Cc1cccc(NC(=O)NCC(=O)Nc2ccc(Br)cc2)c1. The quantitative estimate of drug-likeness (QED) is 0.779. The molecule has 0 fully saturated rings. The highest BCUT2D eigenvalue weighted by Gasteiger charge is 2.06. The van der Waals surface area contributed by atoms with E-state index in [-0.39, 0.29) is 12.5 Å². The molecule has 3 N–H and O–H groups in total. The van der Waals surface area contributed by atoms with Crippen LogP contribution in [0.15, 0.2) is 53.0 Å². The standard InChI is InChI=1S/C16H16BrN3O2/c1-11-3-2-4-14(9-11)20-16(22)18-10-15(21)19-13-7-5-12(17)6-8-13/h2-9H,10H2,1H3,(H,19,21)(H2,18,20,22). The predicted molar refractivity (Wildman–Crippen MR) is 91.0 cm³/mol. The van der Waals surface area contributed by atoms with Crippen LogP contribution in [0.4, 0.5) is 16.2 Å². The number of aryl methyl sites for hydroxylation is 1. The minimum absolute atomic E-state index is 0.103. The molecule has 0 saturated carbocycles. The molecule has 0 radical (unpaired) electrons. The van der Waals surface area contributed by atoms with Crippen LogP contribution < -0.4 is 16.0 Å². The molecule has 0 spiro atoms. The third-order valence-corrected chi connectivity index (χ3v) is 3.34. The van der Waals surface area contributed by atoms with Gasteiger partial charge in [-0.2, -0.15) is 0 Å². The van der Waals surface area contributed by atoms with Gasteiger partial charge in [0, 0.05) is 15.8 Å². The van der Waals surface area contributed by atoms with Crippen molar-refractivity contribution in [3.63, 3.8) is 0 Å². The number of rotatable bonds is 4. The van der Waals surface area contributed by atoms with Gasteiger partial charge in [0.15, 0.2) is 0 Å². The van der Waals surface area contributed by atoms with Gasteiger partial charge < -0.3 is 16.0 Å². The van der Waals surface area contributed by atoms with Crippen molar-refractivity contribution in [2.45, 2.75) is 6.92 Å². The number of amides is 3. The largest absolute Gasteiger partial charge is 0.329 e. The second kappa shape index (κ2) is 7.61. The lowest BCUT2D eigenvalue weighted by molar-refractivity contribution is -0.115. The van der Waals surface area contributed by atoms with Crippen molar-refractivity contribution in [2.75, 3.05) is 17.2 Å². The van der Waals surface area contributed by atoms with Crippen LogP contribution in [-0.2, 0) is 4.79 Å². The zero-order valence-electron chi connectivity index (χ0n) is 12.0. The van der Waals surface area contributed by atoms with Crippen molar-refractivity contribution in [2.24, 2.45) is 0 Å². The number of benzene rings is 2. The molecule has 0 bridgehead atoms. The fraction of sp³-hybridized carbons (Fsp3) is 0.125. The molecule has 2 rings (SSSR count). The highest BCUT2D eigenvalue weighted by molar-refractivity contribution is 9.10. The second-order valence-corrected chi connectivity index (χ2v) is 5.65. The number of hydrogen-bond acceptors (Lipinski definition) is 2. The van der Waals surface area contributed by atoms with Crippen LogP contribution >= 0.6 is 15.9 Å². The molecule has 3 amide bonds. The first-order valence-corrected chi connectivity index (χ1v) is 7.49. The number of nitrogens with one attached hydrogen (secondary N) is 3. The Labute approximate surface area is 137 Å². The molecule has 0 aromatic heterocycles. The first-order chi connectivity index (χ1) is 10.5. The summed E-state index contributed by atoms with van der Waals surface area (Å²) in [6, 6.07) is 14.2. The van der Waals surface area contributed by atoms with E-state index in [1.165, 1.54) is 0 Å². The first kappa shape index (κ1) is 16.0. The van der Waals surface area contributed by atoms with E-state index >= 15 is 0 Å². The molecule has 114 valence electrons. The van der Waals surface area contributed by atoms with Gasteiger partial charge >= 0.3 is 6.03 Å². The average Bonchev–Trinajstić information content (AvgIpc) is 2.48. The van der Waals surface area contributed by atoms with Crippen LogP contribution in [0.2, 0.25) is 0 Å². The number of carbonyl (C=O) groups is 2. The number of hydrogen-bond donors (Lipinski definition) is 3. The van der Waals surface area contributed by atoms with Gasteiger partial charge in [0.25, 0.3) is 0 Å². The van der Waals surface area contributed by atoms with Crippen molar-refractivity contribution >= 4 is 39.2 Å². The van der Waals surface area contributed by atoms with Crippen LogP contribution in [0.1, 0.15) is 5.56 Å². The summed E-state index contributed by atoms with van der Waals surface area (Å²) < 4.78 is 0.932. The van der Waals surface area contributed by atoms with E-state index in [1.807, 2.05) is 37.3 Å². The Morgan fingerprint density at radius 1 is 1.00 bits per heavy atom. The highest BCUT2D eigenvalue weighted by atomic mass is 79.9. The van der Waals surface area contributed by atoms with E-state index in [0.29, 0.717) is 11.4 Å². The highest BCUT2D eigenvalue weighted by Crippen LogP contribution is 2.13. The Bertz CT molecular complexity index is 671. The Hall–Kier alpha value is -2.34. The first-order valence-electron chi connectivity index (χ1n) is 6.70. The summed E-state index contributed by atoms with van der Waals surface area (Å²) in [5.41, 5.74) is 2.41. The molecule has 0 aliphatic carbocycles. The Kier molecular flexibility index (Phi) is 5.55. The Morgan fingerprint density at radius 3 is 2.41 bits per heavy atom. The number of halogens is 1. The molecular weight excluding hydrogens is 346 g/mol. The van der Waals surface area contributed by atoms with Gasteiger partial charge in [-0.15, -0.1) is 0 Å². The molecule has 0 unspecified atom stereocenters. The van der Waals surface area contributed by atoms with Crippen molar-refractivity contribution in [1.82, 2.24) is 5.32 Å². The molecular formula is C16H16BrN3O2. The zero-order valence-corrected chi connectivity index (χ0v) is 13.6. The maximum absolute atomic E-state index is 11.7. The fourth-order valence-corrected chi connectivity index (χ4v) is 2.06. The molecule has 2 aromatic carbocycles. The molecule has 0 saturated heterocycles. The van der Waals surface area contributed by atoms with E-state index in [1.54, 1.807) is 18.2 Å². The van der Waals surface area contributed by atoms with Crippen LogP contribution in [0.5, 0.6) is 0 Å². The van der Waals surface area contributed by atoms with E-state index in [4.69, 9.17) is 0 Å². The summed E-state index contributed by atoms with van der Waals surface area (Å²) in [5, 5.41) is 7.88. The van der Waals surface area contributed by atoms with Crippen LogP contribution in [0.25, 0.3) is 0 Å². The Morgan fingerprint density at radius 2 is 1.73 bits per heavy atom. The van der Waals surface area contributed by atoms with E-state index < -0.39 is 6.03 Å². The topological polar surface area (TPSA) is 70.2 Å². The molecule has 6 heteroatoms. The van der Waals surface area contributed by atoms with E-state index in [0.717, 1.165) is 10.0 Å². The van der Waals surface area contributed by atoms with Gasteiger partial charge in [-0.05, 0) is 48.9 Å². The predicted octanol–water partition coefficient (Wildman–Crippen LogP) is 3.52. The van der Waals surface area contributed by atoms with Crippen molar-refractivity contribution in [1.29, 1.82) is 0 Å². The minimum atomic E-state index is -0.420. The molecule has 0 aliphatic rings. The van der Waals surface area contributed by atoms with Gasteiger partial charge in [-0.25, -0.2) is 4.79 Å². The number of carbonyl (C=O) groups excluding carboxylic acids is 2. The zero-order chi connectivity index (χ0) is 15.9. The molecule has 0 aliphatic heterocycles. The monoisotopic (exact) mass is 361 g/mol. The third kappa shape index (κ3) is 5.21. The second-order valence-electron chi connectivity index (χ2n) is 4.73. The van der Waals surface area contributed by atoms with Crippen molar-refractivity contribution in [3.8, 4) is 0 Å². The smallest absolute Gasteiger partial charge is 0.319 e. The van der Waals surface area contributed by atoms with Crippen LogP contribution in [0.3, 0.4) is 0 Å². The number of urea groups is 1. The van der Waals surface area contributed by atoms with Crippen molar-refractivity contribution < 1.29 is 9.59 Å². The summed E-state index contributed by atoms with van der Waals surface area (Å²) in [7, 11) is 0. The molecule has 2 aromatic rings. The van der Waals surface area contributed by atoms with Crippen molar-refractivity contribution in [3.05, 3.63) is 58.6 Å². The normalized spacial score (nSPS) is 9.91. The van der Waals surface area contributed by atoms with E-state index in [9.17, 15) is 9.59 Å². The molecule has 0 atom stereocenters. The average molecular weight is 362 g/mol. The number of anilines is 2. The van der Waals surface area contributed by atoms with Gasteiger partial charge in [0.2, 0.25) is 5.91 Å². The van der Waals surface area contributed by atoms with E-state index in [2.05, 4.69) is 31.9 Å². The molecule has 0 heterocycles. The summed E-state index contributed by atoms with van der Waals surface area (Å²) in [6.07, 6.45) is 0. The molecule has 5 nitrogen and oxygen atoms in total. The maximum Gasteiger partial charge on any atom is 0.319 e. The molecule has 22 heavy (non-hydrogen) atoms. The van der Waals surface area contributed by atoms with Gasteiger partial charge in [-0.1, -0.05) is 28.1 Å². The summed E-state index contributed by atoms with van der Waals surface area (Å²) in [4.78, 5) is 23.5. The lowest BCUT2D eigenvalue weighted by atomic mass is 10.2. The summed E-state index contributed by atoms with van der Waals surface area (Å²) >= 11 is 3.32. The van der Waals surface area contributed by atoms with Crippen LogP contribution in [-0.4, -0.2) is 18.5 Å². The lowest BCUT2D eigenvalue weighted by Crippen LogP contribution is -2.35. The maximum atomic E-state index is 11.7. The van der Waals surface area contributed by atoms with Gasteiger partial charge in [0.1, 0.15) is 0 Å². The summed E-state index contributed by atoms with van der Waals surface area (Å²) in [5.74, 6) is -0.290. The lowest BCUT2D eigenvalue weighted by Gasteiger charge is -2.09. The van der Waals surface area contributed by atoms with Gasteiger partial charge in [0.05, 0.1) is 6.54 Å². The third-order valence-electron chi connectivity index (χ3n) is 2.81. The van der Waals surface area contributed by atoms with Gasteiger partial charge in [-0.3, -0.25) is 4.79 Å². The Balaban J connectivity index is 1.78. The van der Waals surface area contributed by atoms with Crippen LogP contribution in [0, 0.1) is 6.92 Å². The fourth-order valence-electron chi connectivity index (χ4n) is 1.80. The minimum Gasteiger partial charge on any atom is -0.329 e. The summed E-state index contributed by atoms with van der Waals surface area (Å²) in [6.45, 7) is 1.84.